The van der Waals surface area contributed by atoms with Crippen LogP contribution in [0.15, 0.2) is 36.0 Å². The maximum Gasteiger partial charge on any atom is 0.303 e. The molecule has 2 N–H and O–H groups in total. The van der Waals surface area contributed by atoms with E-state index in [1.807, 2.05) is 32.1 Å². The normalized spacial score (nSPS) is 45.1. The summed E-state index contributed by atoms with van der Waals surface area (Å²) in [6.45, 7) is 4.69. The van der Waals surface area contributed by atoms with E-state index >= 15 is 0 Å². The van der Waals surface area contributed by atoms with Gasteiger partial charge in [0.05, 0.1) is 6.10 Å². The van der Waals surface area contributed by atoms with Crippen LogP contribution in [0.25, 0.3) is 0 Å². The van der Waals surface area contributed by atoms with Crippen LogP contribution in [0.3, 0.4) is 0 Å². The SMILES string of the molecule is CC(=O)OCC(=O)[C@]1(O)CC[C@@H]2[C@H]3C=CC4=CC(=O)C=C[C@]4(C)[C@@H]3[C@H](O)C[C@]21C. The molecule has 0 saturated heterocycles. The number of hydrogen-bond donors (Lipinski definition) is 2. The maximum atomic E-state index is 12.8. The van der Waals surface area contributed by atoms with Crippen LogP contribution in [-0.2, 0) is 19.1 Å². The Balaban J connectivity index is 1.70. The smallest absolute Gasteiger partial charge is 0.303 e. The highest BCUT2D eigenvalue weighted by molar-refractivity contribution is 6.01. The van der Waals surface area contributed by atoms with Crippen LogP contribution >= 0.6 is 0 Å². The molecule has 4 aliphatic rings. The molecule has 2 saturated carbocycles. The number of ether oxygens (including phenoxy) is 1. The molecule has 0 radical (unpaired) electrons. The first-order chi connectivity index (χ1) is 13.5. The fourth-order valence-corrected chi connectivity index (χ4v) is 6.53. The standard InChI is InChI=1S/C23H28O6/c1-13(24)29-12-19(27)23(28)9-7-17-16-5-4-14-10-15(25)6-8-21(14,2)20(16)18(26)11-22(17,23)3/h4-6,8,10,16-18,20,26,28H,7,9,11-12H2,1-3H3/t16-,17-,18-,20+,21+,22-,23-/m1/s1. The van der Waals surface area contributed by atoms with Crippen molar-refractivity contribution >= 4 is 17.5 Å². The van der Waals surface area contributed by atoms with Crippen molar-refractivity contribution in [3.8, 4) is 0 Å². The summed E-state index contributed by atoms with van der Waals surface area (Å²) >= 11 is 0. The van der Waals surface area contributed by atoms with Crippen molar-refractivity contribution in [3.05, 3.63) is 36.0 Å². The number of aliphatic hydroxyl groups is 2. The van der Waals surface area contributed by atoms with Gasteiger partial charge in [-0.25, -0.2) is 0 Å². The minimum atomic E-state index is -1.64. The van der Waals surface area contributed by atoms with Crippen LogP contribution in [0.4, 0.5) is 0 Å². The predicted octanol–water partition coefficient (Wildman–Crippen LogP) is 1.90. The molecule has 0 heterocycles. The Morgan fingerprint density at radius 3 is 2.69 bits per heavy atom. The lowest BCUT2D eigenvalue weighted by molar-refractivity contribution is -0.175. The van der Waals surface area contributed by atoms with E-state index in [0.29, 0.717) is 6.42 Å². The van der Waals surface area contributed by atoms with Crippen molar-refractivity contribution < 1.29 is 29.3 Å². The van der Waals surface area contributed by atoms with Crippen molar-refractivity contribution in [3.63, 3.8) is 0 Å². The minimum absolute atomic E-state index is 0.00262. The zero-order valence-electron chi connectivity index (χ0n) is 17.1. The number of ketones is 2. The number of rotatable bonds is 3. The molecule has 4 aliphatic carbocycles. The third-order valence-corrected chi connectivity index (χ3v) is 8.08. The molecule has 0 aromatic carbocycles. The highest BCUT2D eigenvalue weighted by Gasteiger charge is 2.67. The van der Waals surface area contributed by atoms with Crippen LogP contribution in [0, 0.1) is 28.6 Å². The van der Waals surface area contributed by atoms with E-state index in [-0.39, 0.29) is 36.4 Å². The largest absolute Gasteiger partial charge is 0.458 e. The second kappa shape index (κ2) is 6.47. The van der Waals surface area contributed by atoms with Crippen molar-refractivity contribution in [1.82, 2.24) is 0 Å². The molecule has 6 heteroatoms. The molecule has 0 amide bonds. The summed E-state index contributed by atoms with van der Waals surface area (Å²) in [7, 11) is 0. The molecule has 29 heavy (non-hydrogen) atoms. The Labute approximate surface area is 170 Å². The molecule has 7 atom stereocenters. The maximum absolute atomic E-state index is 12.8. The molecule has 0 unspecified atom stereocenters. The van der Waals surface area contributed by atoms with Crippen LogP contribution in [0.2, 0.25) is 0 Å². The quantitative estimate of drug-likeness (QED) is 0.702. The number of carbonyl (C=O) groups is 3. The van der Waals surface area contributed by atoms with E-state index in [9.17, 15) is 24.6 Å². The lowest BCUT2D eigenvalue weighted by atomic mass is 9.48. The molecule has 0 bridgehead atoms. The van der Waals surface area contributed by atoms with Crippen LogP contribution in [-0.4, -0.2) is 46.1 Å². The average Bonchev–Trinajstić information content (AvgIpc) is 2.91. The van der Waals surface area contributed by atoms with Crippen molar-refractivity contribution in [1.29, 1.82) is 0 Å². The first-order valence-corrected chi connectivity index (χ1v) is 10.2. The number of fused-ring (bicyclic) bond motifs is 5. The average molecular weight is 400 g/mol. The van der Waals surface area contributed by atoms with E-state index in [1.54, 1.807) is 12.2 Å². The van der Waals surface area contributed by atoms with Gasteiger partial charge in [0.1, 0.15) is 5.60 Å². The Kier molecular flexibility index (Phi) is 4.52. The molecule has 0 aromatic rings. The van der Waals surface area contributed by atoms with E-state index in [2.05, 4.69) is 0 Å². The minimum Gasteiger partial charge on any atom is -0.458 e. The van der Waals surface area contributed by atoms with E-state index in [1.165, 1.54) is 6.92 Å². The summed E-state index contributed by atoms with van der Waals surface area (Å²) in [5, 5.41) is 22.7. The summed E-state index contributed by atoms with van der Waals surface area (Å²) in [6, 6.07) is 0. The molecule has 2 fully saturated rings. The monoisotopic (exact) mass is 400 g/mol. The molecule has 0 spiro atoms. The summed E-state index contributed by atoms with van der Waals surface area (Å²) in [5.74, 6) is -1.28. The second-order valence-corrected chi connectivity index (χ2v) is 9.48. The van der Waals surface area contributed by atoms with Gasteiger partial charge in [0.25, 0.3) is 0 Å². The highest BCUT2D eigenvalue weighted by atomic mass is 16.5. The van der Waals surface area contributed by atoms with Crippen molar-refractivity contribution in [2.24, 2.45) is 28.6 Å². The van der Waals surface area contributed by atoms with Gasteiger partial charge in [-0.15, -0.1) is 0 Å². The molecular formula is C23H28O6. The number of hydrogen-bond acceptors (Lipinski definition) is 6. The molecular weight excluding hydrogens is 372 g/mol. The lowest BCUT2D eigenvalue weighted by Crippen LogP contribution is -2.61. The van der Waals surface area contributed by atoms with Gasteiger partial charge in [0.15, 0.2) is 12.4 Å². The fraction of sp³-hybridized carbons (Fsp3) is 0.609. The van der Waals surface area contributed by atoms with Crippen molar-refractivity contribution in [2.45, 2.75) is 51.7 Å². The van der Waals surface area contributed by atoms with E-state index in [0.717, 1.165) is 5.57 Å². The fourth-order valence-electron chi connectivity index (χ4n) is 6.53. The summed E-state index contributed by atoms with van der Waals surface area (Å²) in [6.07, 6.45) is 9.54. The first-order valence-electron chi connectivity index (χ1n) is 10.2. The zero-order valence-corrected chi connectivity index (χ0v) is 17.1. The van der Waals surface area contributed by atoms with Gasteiger partial charge in [-0.1, -0.05) is 32.1 Å². The van der Waals surface area contributed by atoms with Gasteiger partial charge in [-0.3, -0.25) is 14.4 Å². The Hall–Kier alpha value is -2.05. The predicted molar refractivity (Wildman–Crippen MR) is 105 cm³/mol. The van der Waals surface area contributed by atoms with E-state index in [4.69, 9.17) is 4.74 Å². The Morgan fingerprint density at radius 2 is 2.00 bits per heavy atom. The summed E-state index contributed by atoms with van der Waals surface area (Å²) in [5.41, 5.74) is -2.02. The molecule has 0 aromatic heterocycles. The number of carbonyl (C=O) groups excluding carboxylic acids is 3. The van der Waals surface area contributed by atoms with Crippen LogP contribution < -0.4 is 0 Å². The number of esters is 1. The van der Waals surface area contributed by atoms with Gasteiger partial charge >= 0.3 is 5.97 Å². The third kappa shape index (κ3) is 2.72. The molecule has 0 aliphatic heterocycles. The Bertz CT molecular complexity index is 869. The zero-order chi connectivity index (χ0) is 21.2. The summed E-state index contributed by atoms with van der Waals surface area (Å²) < 4.78 is 4.86. The lowest BCUT2D eigenvalue weighted by Gasteiger charge is -2.57. The number of allylic oxidation sites excluding steroid dienone is 6. The molecule has 6 nitrogen and oxygen atoms in total. The van der Waals surface area contributed by atoms with Gasteiger partial charge in [-0.05, 0) is 48.8 Å². The highest BCUT2D eigenvalue weighted by Crippen LogP contribution is 2.65. The molecule has 156 valence electrons. The van der Waals surface area contributed by atoms with Crippen LogP contribution in [0.5, 0.6) is 0 Å². The first kappa shape index (κ1) is 20.2. The second-order valence-electron chi connectivity index (χ2n) is 9.48. The van der Waals surface area contributed by atoms with Gasteiger partial charge in [0, 0.05) is 23.7 Å². The van der Waals surface area contributed by atoms with Crippen molar-refractivity contribution in [2.75, 3.05) is 6.61 Å². The summed E-state index contributed by atoms with van der Waals surface area (Å²) in [4.78, 5) is 35.8. The van der Waals surface area contributed by atoms with Gasteiger partial charge in [0.2, 0.25) is 5.78 Å². The van der Waals surface area contributed by atoms with Gasteiger partial charge < -0.3 is 14.9 Å². The number of aliphatic hydroxyl groups excluding tert-OH is 1. The Morgan fingerprint density at radius 1 is 1.28 bits per heavy atom. The molecule has 4 rings (SSSR count). The van der Waals surface area contributed by atoms with E-state index < -0.39 is 40.9 Å². The number of Topliss-reactive ketones (excluding diaryl/α,β-unsaturated/α-hetero) is 1. The third-order valence-electron chi connectivity index (χ3n) is 8.08. The topological polar surface area (TPSA) is 101 Å². The van der Waals surface area contributed by atoms with Gasteiger partial charge in [-0.2, -0.15) is 0 Å². The van der Waals surface area contributed by atoms with Crippen LogP contribution in [0.1, 0.15) is 40.0 Å².